The van der Waals surface area contributed by atoms with Gasteiger partial charge in [-0.05, 0) is 79.9 Å². The van der Waals surface area contributed by atoms with Gasteiger partial charge in [0.1, 0.15) is 0 Å². The fraction of sp³-hybridized carbons (Fsp3) is 0.167. The van der Waals surface area contributed by atoms with E-state index in [0.29, 0.717) is 21.3 Å². The average Bonchev–Trinajstić information content (AvgIpc) is 2.71. The molecule has 0 aliphatic rings. The Hall–Kier alpha value is -2.84. The minimum Gasteiger partial charge on any atom is -0.354 e. The number of benzene rings is 3. The molecular weight excluding hydrogens is 521 g/mol. The number of halogens is 5. The SMILES string of the molecule is Cc1cc(C)c(C(=O)c2ccc(Nc3ccc(Br)cc3NC(=O)C(F)(F)F)cc2Cl)cc1C. The third kappa shape index (κ3) is 5.75. The van der Waals surface area contributed by atoms with Crippen molar-refractivity contribution >= 4 is 56.3 Å². The van der Waals surface area contributed by atoms with Crippen molar-refractivity contribution in [2.75, 3.05) is 10.6 Å². The summed E-state index contributed by atoms with van der Waals surface area (Å²) in [4.78, 5) is 24.5. The van der Waals surface area contributed by atoms with E-state index in [-0.39, 0.29) is 22.2 Å². The van der Waals surface area contributed by atoms with Gasteiger partial charge >= 0.3 is 12.1 Å². The zero-order valence-corrected chi connectivity index (χ0v) is 20.2. The normalized spacial score (nSPS) is 11.3. The monoisotopic (exact) mass is 538 g/mol. The molecule has 0 fully saturated rings. The van der Waals surface area contributed by atoms with Crippen molar-refractivity contribution in [2.24, 2.45) is 0 Å². The van der Waals surface area contributed by atoms with E-state index >= 15 is 0 Å². The lowest BCUT2D eigenvalue weighted by Crippen LogP contribution is -2.30. The molecule has 0 bridgehead atoms. The largest absolute Gasteiger partial charge is 0.471 e. The minimum atomic E-state index is -5.03. The van der Waals surface area contributed by atoms with Crippen molar-refractivity contribution in [3.63, 3.8) is 0 Å². The molecule has 0 spiro atoms. The molecule has 9 heteroatoms. The van der Waals surface area contributed by atoms with E-state index in [2.05, 4.69) is 21.2 Å². The standard InChI is InChI=1S/C24H19BrClF3N2O2/c1-12-8-14(3)18(9-13(12)2)22(32)17-6-5-16(11-19(17)26)30-20-7-4-15(25)10-21(20)31-23(33)24(27,28)29/h4-11,30H,1-3H3,(H,31,33). The average molecular weight is 540 g/mol. The molecule has 0 aliphatic carbocycles. The van der Waals surface area contributed by atoms with Crippen LogP contribution in [0.4, 0.5) is 30.2 Å². The summed E-state index contributed by atoms with van der Waals surface area (Å²) in [5.41, 5.74) is 4.32. The molecule has 0 radical (unpaired) electrons. The molecule has 4 nitrogen and oxygen atoms in total. The molecule has 33 heavy (non-hydrogen) atoms. The van der Waals surface area contributed by atoms with Crippen LogP contribution >= 0.6 is 27.5 Å². The zero-order valence-electron chi connectivity index (χ0n) is 17.8. The van der Waals surface area contributed by atoms with E-state index < -0.39 is 12.1 Å². The van der Waals surface area contributed by atoms with E-state index in [1.807, 2.05) is 38.2 Å². The Kier molecular flexibility index (Phi) is 7.19. The highest BCUT2D eigenvalue weighted by Crippen LogP contribution is 2.32. The summed E-state index contributed by atoms with van der Waals surface area (Å²) in [5, 5.41) is 4.96. The molecular formula is C24H19BrClF3N2O2. The Morgan fingerprint density at radius 3 is 2.15 bits per heavy atom. The Labute approximate surface area is 202 Å². The zero-order chi connectivity index (χ0) is 24.5. The summed E-state index contributed by atoms with van der Waals surface area (Å²) in [7, 11) is 0. The maximum Gasteiger partial charge on any atom is 0.471 e. The van der Waals surface area contributed by atoms with Gasteiger partial charge in [-0.25, -0.2) is 0 Å². The van der Waals surface area contributed by atoms with Crippen LogP contribution in [0.5, 0.6) is 0 Å². The number of carbonyl (C=O) groups is 2. The summed E-state index contributed by atoms with van der Waals surface area (Å²) >= 11 is 9.56. The van der Waals surface area contributed by atoms with Gasteiger partial charge < -0.3 is 10.6 Å². The first kappa shape index (κ1) is 24.8. The summed E-state index contributed by atoms with van der Waals surface area (Å²) in [6.07, 6.45) is -5.03. The number of hydrogen-bond acceptors (Lipinski definition) is 3. The molecule has 3 rings (SSSR count). The Bertz CT molecular complexity index is 1260. The van der Waals surface area contributed by atoms with Gasteiger partial charge in [-0.3, -0.25) is 9.59 Å². The second-order valence-corrected chi connectivity index (χ2v) is 8.86. The Balaban J connectivity index is 1.89. The number of alkyl halides is 3. The van der Waals surface area contributed by atoms with Crippen molar-refractivity contribution in [3.8, 4) is 0 Å². The highest BCUT2D eigenvalue weighted by atomic mass is 79.9. The van der Waals surface area contributed by atoms with Crippen LogP contribution in [0.3, 0.4) is 0 Å². The molecule has 0 aliphatic heterocycles. The van der Waals surface area contributed by atoms with Crippen molar-refractivity contribution in [1.82, 2.24) is 0 Å². The van der Waals surface area contributed by atoms with Crippen molar-refractivity contribution in [3.05, 3.63) is 85.8 Å². The van der Waals surface area contributed by atoms with Crippen molar-refractivity contribution < 1.29 is 22.8 Å². The number of nitrogens with one attached hydrogen (secondary N) is 2. The molecule has 0 saturated heterocycles. The quantitative estimate of drug-likeness (QED) is 0.330. The van der Waals surface area contributed by atoms with E-state index in [0.717, 1.165) is 16.7 Å². The maximum atomic E-state index is 13.1. The fourth-order valence-corrected chi connectivity index (χ4v) is 3.83. The first-order valence-corrected chi connectivity index (χ1v) is 10.9. The Morgan fingerprint density at radius 2 is 1.52 bits per heavy atom. The number of ketones is 1. The predicted molar refractivity (Wildman–Crippen MR) is 128 cm³/mol. The van der Waals surface area contributed by atoms with Crippen LogP contribution in [0.1, 0.15) is 32.6 Å². The highest BCUT2D eigenvalue weighted by Gasteiger charge is 2.39. The molecule has 0 heterocycles. The number of hydrogen-bond donors (Lipinski definition) is 2. The van der Waals surface area contributed by atoms with Gasteiger partial charge in [-0.1, -0.05) is 33.6 Å². The van der Waals surface area contributed by atoms with Gasteiger partial charge in [-0.2, -0.15) is 13.2 Å². The minimum absolute atomic E-state index is 0.0752. The van der Waals surface area contributed by atoms with Gasteiger partial charge in [0.25, 0.3) is 0 Å². The molecule has 1 amide bonds. The van der Waals surface area contributed by atoms with Gasteiger partial charge in [0, 0.05) is 21.3 Å². The summed E-state index contributed by atoms with van der Waals surface area (Å²) in [6.45, 7) is 5.75. The van der Waals surface area contributed by atoms with E-state index in [1.165, 1.54) is 18.2 Å². The highest BCUT2D eigenvalue weighted by molar-refractivity contribution is 9.10. The summed E-state index contributed by atoms with van der Waals surface area (Å²) in [5.74, 6) is -2.32. The molecule has 2 N–H and O–H groups in total. The van der Waals surface area contributed by atoms with Crippen LogP contribution in [-0.2, 0) is 4.79 Å². The Morgan fingerprint density at radius 1 is 0.848 bits per heavy atom. The lowest BCUT2D eigenvalue weighted by Gasteiger charge is -2.16. The predicted octanol–water partition coefficient (Wildman–Crippen LogP) is 7.50. The maximum absolute atomic E-state index is 13.1. The number of aryl methyl sites for hydroxylation is 3. The third-order valence-electron chi connectivity index (χ3n) is 5.07. The molecule has 172 valence electrons. The lowest BCUT2D eigenvalue weighted by molar-refractivity contribution is -0.167. The van der Waals surface area contributed by atoms with Crippen LogP contribution < -0.4 is 10.6 Å². The number of amides is 1. The number of carbonyl (C=O) groups excluding carboxylic acids is 2. The van der Waals surface area contributed by atoms with Crippen LogP contribution in [0, 0.1) is 20.8 Å². The molecule has 0 saturated carbocycles. The number of anilines is 3. The van der Waals surface area contributed by atoms with Crippen LogP contribution in [0.25, 0.3) is 0 Å². The first-order chi connectivity index (χ1) is 15.4. The van der Waals surface area contributed by atoms with Gasteiger partial charge in [0.05, 0.1) is 16.4 Å². The van der Waals surface area contributed by atoms with Gasteiger partial charge in [0.2, 0.25) is 0 Å². The van der Waals surface area contributed by atoms with Crippen molar-refractivity contribution in [1.29, 1.82) is 0 Å². The van der Waals surface area contributed by atoms with Crippen molar-refractivity contribution in [2.45, 2.75) is 26.9 Å². The summed E-state index contributed by atoms with van der Waals surface area (Å²) in [6, 6.07) is 12.9. The molecule has 0 atom stereocenters. The fourth-order valence-electron chi connectivity index (χ4n) is 3.20. The molecule has 3 aromatic rings. The molecule has 3 aromatic carbocycles. The van der Waals surface area contributed by atoms with E-state index in [9.17, 15) is 22.8 Å². The number of rotatable bonds is 5. The van der Waals surface area contributed by atoms with Crippen LogP contribution in [-0.4, -0.2) is 17.9 Å². The van der Waals surface area contributed by atoms with Crippen LogP contribution in [0.2, 0.25) is 5.02 Å². The summed E-state index contributed by atoms with van der Waals surface area (Å²) < 4.78 is 38.5. The van der Waals surface area contributed by atoms with Gasteiger partial charge in [0.15, 0.2) is 5.78 Å². The second kappa shape index (κ2) is 9.57. The second-order valence-electron chi connectivity index (χ2n) is 7.54. The third-order valence-corrected chi connectivity index (χ3v) is 5.87. The smallest absolute Gasteiger partial charge is 0.354 e. The van der Waals surface area contributed by atoms with E-state index in [1.54, 1.807) is 18.2 Å². The lowest BCUT2D eigenvalue weighted by atomic mass is 9.94. The molecule has 0 unspecified atom stereocenters. The van der Waals surface area contributed by atoms with Gasteiger partial charge in [-0.15, -0.1) is 0 Å². The first-order valence-electron chi connectivity index (χ1n) is 9.73. The molecule has 0 aromatic heterocycles. The van der Waals surface area contributed by atoms with Crippen LogP contribution in [0.15, 0.2) is 53.0 Å². The van der Waals surface area contributed by atoms with E-state index in [4.69, 9.17) is 11.6 Å². The topological polar surface area (TPSA) is 58.2 Å².